The maximum absolute atomic E-state index is 10.5. The summed E-state index contributed by atoms with van der Waals surface area (Å²) in [4.78, 5) is 13.4. The van der Waals surface area contributed by atoms with E-state index in [0.717, 1.165) is 12.3 Å². The fourth-order valence-corrected chi connectivity index (χ4v) is 1.27. The highest BCUT2D eigenvalue weighted by Gasteiger charge is 2.22. The van der Waals surface area contributed by atoms with Gasteiger partial charge in [0.05, 0.1) is 11.0 Å². The second-order valence-corrected chi connectivity index (χ2v) is 3.44. The molecule has 0 aliphatic heterocycles. The molecule has 8 heteroatoms. The van der Waals surface area contributed by atoms with Gasteiger partial charge in [0, 0.05) is 24.4 Å². The predicted molar refractivity (Wildman–Crippen MR) is 55.9 cm³/mol. The minimum atomic E-state index is -1.33. The SMILES string of the molecule is NCC(O)C(O)c1cnc(Cl)c([N+](=O)[O-])c1. The van der Waals surface area contributed by atoms with E-state index in [9.17, 15) is 20.3 Å². The lowest BCUT2D eigenvalue weighted by Gasteiger charge is -2.15. The highest BCUT2D eigenvalue weighted by molar-refractivity contribution is 6.31. The summed E-state index contributed by atoms with van der Waals surface area (Å²) in [6.07, 6.45) is -1.38. The Labute approximate surface area is 95.6 Å². The molecule has 0 amide bonds. The topological polar surface area (TPSA) is 123 Å². The van der Waals surface area contributed by atoms with Gasteiger partial charge in [-0.3, -0.25) is 10.1 Å². The van der Waals surface area contributed by atoms with Crippen LogP contribution in [-0.4, -0.2) is 32.8 Å². The van der Waals surface area contributed by atoms with Crippen LogP contribution in [0.25, 0.3) is 0 Å². The largest absolute Gasteiger partial charge is 0.389 e. The number of aliphatic hydroxyl groups is 2. The van der Waals surface area contributed by atoms with Crippen molar-refractivity contribution < 1.29 is 15.1 Å². The second kappa shape index (κ2) is 5.17. The Kier molecular flexibility index (Phi) is 4.13. The molecule has 1 heterocycles. The van der Waals surface area contributed by atoms with Crippen molar-refractivity contribution in [2.24, 2.45) is 5.73 Å². The van der Waals surface area contributed by atoms with E-state index in [0.29, 0.717) is 0 Å². The third-order valence-corrected chi connectivity index (χ3v) is 2.28. The number of nitrogens with two attached hydrogens (primary N) is 1. The first kappa shape index (κ1) is 12.8. The van der Waals surface area contributed by atoms with Gasteiger partial charge in [-0.2, -0.15) is 0 Å². The molecule has 0 spiro atoms. The number of pyridine rings is 1. The summed E-state index contributed by atoms with van der Waals surface area (Å²) in [6.45, 7) is -0.169. The highest BCUT2D eigenvalue weighted by atomic mass is 35.5. The van der Waals surface area contributed by atoms with Crippen molar-refractivity contribution in [2.45, 2.75) is 12.2 Å². The molecule has 1 aromatic heterocycles. The summed E-state index contributed by atoms with van der Waals surface area (Å²) in [7, 11) is 0. The first-order chi connectivity index (χ1) is 7.47. The van der Waals surface area contributed by atoms with Gasteiger partial charge >= 0.3 is 5.69 Å². The summed E-state index contributed by atoms with van der Waals surface area (Å²) in [5.41, 5.74) is 4.81. The van der Waals surface area contributed by atoms with E-state index in [1.54, 1.807) is 0 Å². The number of aromatic nitrogens is 1. The quantitative estimate of drug-likeness (QED) is 0.391. The Hall–Kier alpha value is -1.28. The molecule has 88 valence electrons. The van der Waals surface area contributed by atoms with Crippen molar-refractivity contribution in [2.75, 3.05) is 6.54 Å². The molecule has 1 rings (SSSR count). The smallest absolute Gasteiger partial charge is 0.306 e. The monoisotopic (exact) mass is 247 g/mol. The van der Waals surface area contributed by atoms with Crippen LogP contribution in [0.5, 0.6) is 0 Å². The molecule has 0 aromatic carbocycles. The zero-order valence-electron chi connectivity index (χ0n) is 8.08. The molecule has 1 aromatic rings. The third kappa shape index (κ3) is 2.64. The number of halogens is 1. The van der Waals surface area contributed by atoms with Gasteiger partial charge in [0.15, 0.2) is 0 Å². The van der Waals surface area contributed by atoms with Crippen LogP contribution in [0.15, 0.2) is 12.3 Å². The van der Waals surface area contributed by atoms with Gasteiger partial charge in [-0.25, -0.2) is 4.98 Å². The van der Waals surface area contributed by atoms with Gasteiger partial charge in [-0.05, 0) is 0 Å². The molecule has 2 unspecified atom stereocenters. The van der Waals surface area contributed by atoms with Crippen LogP contribution >= 0.6 is 11.6 Å². The Balaban J connectivity index is 3.07. The molecule has 7 nitrogen and oxygen atoms in total. The maximum atomic E-state index is 10.5. The van der Waals surface area contributed by atoms with Gasteiger partial charge in [-0.15, -0.1) is 0 Å². The molecule has 0 bridgehead atoms. The van der Waals surface area contributed by atoms with Crippen LogP contribution in [0.3, 0.4) is 0 Å². The maximum Gasteiger partial charge on any atom is 0.306 e. The van der Waals surface area contributed by atoms with Gasteiger partial charge in [0.2, 0.25) is 5.15 Å². The number of nitro groups is 1. The molecule has 0 fully saturated rings. The Bertz CT molecular complexity index is 401. The highest BCUT2D eigenvalue weighted by Crippen LogP contribution is 2.26. The molecule has 0 aliphatic carbocycles. The van der Waals surface area contributed by atoms with Crippen LogP contribution in [0.1, 0.15) is 11.7 Å². The van der Waals surface area contributed by atoms with Crippen molar-refractivity contribution in [1.29, 1.82) is 0 Å². The Morgan fingerprint density at radius 3 is 2.75 bits per heavy atom. The lowest BCUT2D eigenvalue weighted by Crippen LogP contribution is -2.27. The Morgan fingerprint density at radius 1 is 1.62 bits per heavy atom. The lowest BCUT2D eigenvalue weighted by atomic mass is 10.1. The van der Waals surface area contributed by atoms with Crippen molar-refractivity contribution in [3.05, 3.63) is 33.1 Å². The average Bonchev–Trinajstić information content (AvgIpc) is 2.27. The minimum absolute atomic E-state index is 0.0917. The second-order valence-electron chi connectivity index (χ2n) is 3.08. The molecule has 2 atom stereocenters. The van der Waals surface area contributed by atoms with Gasteiger partial charge in [-0.1, -0.05) is 11.6 Å². The summed E-state index contributed by atoms with van der Waals surface area (Å²) < 4.78 is 0. The molecule has 0 radical (unpaired) electrons. The van der Waals surface area contributed by atoms with E-state index < -0.39 is 22.8 Å². The number of aliphatic hydroxyl groups excluding tert-OH is 2. The van der Waals surface area contributed by atoms with Crippen molar-refractivity contribution in [3.63, 3.8) is 0 Å². The van der Waals surface area contributed by atoms with Crippen LogP contribution in [-0.2, 0) is 0 Å². The van der Waals surface area contributed by atoms with E-state index in [2.05, 4.69) is 4.98 Å². The number of hydrogen-bond acceptors (Lipinski definition) is 6. The molecular formula is C8H10ClN3O4. The van der Waals surface area contributed by atoms with E-state index in [-0.39, 0.29) is 17.3 Å². The fourth-order valence-electron chi connectivity index (χ4n) is 1.09. The zero-order chi connectivity index (χ0) is 12.3. The molecule has 0 saturated heterocycles. The summed E-state index contributed by atoms with van der Waals surface area (Å²) >= 11 is 5.49. The van der Waals surface area contributed by atoms with Crippen LogP contribution in [0.2, 0.25) is 5.15 Å². The summed E-state index contributed by atoms with van der Waals surface area (Å²) in [6, 6.07) is 1.05. The predicted octanol–water partition coefficient (Wildman–Crippen LogP) is -0.00380. The van der Waals surface area contributed by atoms with E-state index in [1.165, 1.54) is 0 Å². The third-order valence-electron chi connectivity index (χ3n) is 1.99. The Morgan fingerprint density at radius 2 is 2.25 bits per heavy atom. The van der Waals surface area contributed by atoms with Crippen LogP contribution in [0.4, 0.5) is 5.69 Å². The van der Waals surface area contributed by atoms with Crippen LogP contribution < -0.4 is 5.73 Å². The molecule has 4 N–H and O–H groups in total. The van der Waals surface area contributed by atoms with Gasteiger partial charge < -0.3 is 15.9 Å². The summed E-state index contributed by atoms with van der Waals surface area (Å²) in [5.74, 6) is 0. The number of nitrogens with zero attached hydrogens (tertiary/aromatic N) is 2. The number of rotatable bonds is 4. The first-order valence-corrected chi connectivity index (χ1v) is 4.71. The van der Waals surface area contributed by atoms with E-state index >= 15 is 0 Å². The average molecular weight is 248 g/mol. The molecule has 0 aliphatic rings. The molecular weight excluding hydrogens is 238 g/mol. The normalized spacial score (nSPS) is 14.5. The van der Waals surface area contributed by atoms with E-state index in [1.807, 2.05) is 0 Å². The zero-order valence-corrected chi connectivity index (χ0v) is 8.83. The van der Waals surface area contributed by atoms with Crippen LogP contribution in [0, 0.1) is 10.1 Å². The van der Waals surface area contributed by atoms with E-state index in [4.69, 9.17) is 17.3 Å². The minimum Gasteiger partial charge on any atom is -0.389 e. The number of hydrogen-bond donors (Lipinski definition) is 3. The fraction of sp³-hybridized carbons (Fsp3) is 0.375. The first-order valence-electron chi connectivity index (χ1n) is 4.33. The van der Waals surface area contributed by atoms with Gasteiger partial charge in [0.1, 0.15) is 6.10 Å². The summed E-state index contributed by atoms with van der Waals surface area (Å²) in [5, 5.41) is 29.1. The molecule has 0 saturated carbocycles. The standard InChI is InChI=1S/C8H10ClN3O4/c9-8-5(12(15)16)1-4(3-11-8)7(14)6(13)2-10/h1,3,6-7,13-14H,2,10H2. The molecule has 16 heavy (non-hydrogen) atoms. The van der Waals surface area contributed by atoms with Gasteiger partial charge in [0.25, 0.3) is 0 Å². The van der Waals surface area contributed by atoms with Crippen molar-refractivity contribution in [1.82, 2.24) is 4.98 Å². The van der Waals surface area contributed by atoms with Crippen molar-refractivity contribution >= 4 is 17.3 Å². The lowest BCUT2D eigenvalue weighted by molar-refractivity contribution is -0.385. The van der Waals surface area contributed by atoms with Crippen molar-refractivity contribution in [3.8, 4) is 0 Å².